The second-order valence-electron chi connectivity index (χ2n) is 4.63. The molecule has 0 saturated heterocycles. The molecule has 1 aromatic heterocycles. The lowest BCUT2D eigenvalue weighted by Gasteiger charge is -2.12. The van der Waals surface area contributed by atoms with E-state index in [9.17, 15) is 8.42 Å². The molecule has 0 radical (unpaired) electrons. The molecule has 0 amide bonds. The van der Waals surface area contributed by atoms with Gasteiger partial charge in [0.25, 0.3) is 0 Å². The third kappa shape index (κ3) is 9.06. The highest BCUT2D eigenvalue weighted by atomic mass is 127. The highest BCUT2D eigenvalue weighted by molar-refractivity contribution is 14.0. The molecule has 0 unspecified atom stereocenters. The van der Waals surface area contributed by atoms with Crippen LogP contribution in [0.15, 0.2) is 34.4 Å². The van der Waals surface area contributed by atoms with Crippen LogP contribution < -0.4 is 15.4 Å². The van der Waals surface area contributed by atoms with Crippen molar-refractivity contribution in [2.24, 2.45) is 4.99 Å². The van der Waals surface area contributed by atoms with Crippen molar-refractivity contribution in [1.82, 2.24) is 20.3 Å². The number of unbranched alkanes of at least 4 members (excludes halogenated alkanes) is 1. The van der Waals surface area contributed by atoms with Gasteiger partial charge in [0.15, 0.2) is 5.96 Å². The van der Waals surface area contributed by atoms with Crippen molar-refractivity contribution in [3.8, 4) is 0 Å². The molecule has 0 saturated carbocycles. The highest BCUT2D eigenvalue weighted by Crippen LogP contribution is 2.04. The zero-order valence-corrected chi connectivity index (χ0v) is 16.7. The Kier molecular flexibility index (Phi) is 12.0. The molecule has 0 spiro atoms. The predicted molar refractivity (Wildman–Crippen MR) is 104 cm³/mol. The third-order valence-electron chi connectivity index (χ3n) is 2.78. The number of aromatic nitrogens is 1. The first-order chi connectivity index (χ1) is 10.6. The van der Waals surface area contributed by atoms with Crippen LogP contribution in [0, 0.1) is 0 Å². The van der Waals surface area contributed by atoms with E-state index in [1.54, 1.807) is 6.07 Å². The van der Waals surface area contributed by atoms with E-state index in [1.807, 2.05) is 6.92 Å². The minimum absolute atomic E-state index is 0. The standard InChI is InChI=1S/C14H25N5O2S.HI/c1-3-5-9-17-14(16-4-2)18-10-11-19-22(20,21)13-7-6-8-15-12-13;/h6-8,12,19H,3-5,9-11H2,1-2H3,(H2,16,17,18);1H. The van der Waals surface area contributed by atoms with E-state index < -0.39 is 10.0 Å². The van der Waals surface area contributed by atoms with Gasteiger partial charge in [-0.25, -0.2) is 13.1 Å². The molecule has 0 aromatic carbocycles. The molecule has 0 bridgehead atoms. The first kappa shape index (κ1) is 22.1. The summed E-state index contributed by atoms with van der Waals surface area (Å²) in [5.74, 6) is 0.705. The van der Waals surface area contributed by atoms with Gasteiger partial charge >= 0.3 is 0 Å². The number of guanidine groups is 1. The van der Waals surface area contributed by atoms with Crippen molar-refractivity contribution in [1.29, 1.82) is 0 Å². The molecule has 0 aliphatic carbocycles. The Morgan fingerprint density at radius 3 is 2.65 bits per heavy atom. The van der Waals surface area contributed by atoms with E-state index in [0.717, 1.165) is 25.9 Å². The molecule has 23 heavy (non-hydrogen) atoms. The Bertz CT molecular complexity index is 552. The Balaban J connectivity index is 0.00000484. The molecule has 7 nitrogen and oxygen atoms in total. The lowest BCUT2D eigenvalue weighted by molar-refractivity contribution is 0.580. The van der Waals surface area contributed by atoms with Gasteiger partial charge in [0.05, 0.1) is 0 Å². The number of hydrogen-bond donors (Lipinski definition) is 3. The van der Waals surface area contributed by atoms with Crippen LogP contribution in [-0.2, 0) is 10.0 Å². The third-order valence-corrected chi connectivity index (χ3v) is 4.23. The fourth-order valence-electron chi connectivity index (χ4n) is 1.65. The fourth-order valence-corrected chi connectivity index (χ4v) is 2.64. The SMILES string of the molecule is CCCCN=C(NCC)NCCNS(=O)(=O)c1cccnc1.I. The molecule has 0 aliphatic heterocycles. The summed E-state index contributed by atoms with van der Waals surface area (Å²) in [6.07, 6.45) is 4.99. The van der Waals surface area contributed by atoms with E-state index in [2.05, 4.69) is 32.3 Å². The van der Waals surface area contributed by atoms with Gasteiger partial charge in [-0.3, -0.25) is 9.98 Å². The number of pyridine rings is 1. The quantitative estimate of drug-likeness (QED) is 0.226. The first-order valence-corrected chi connectivity index (χ1v) is 9.00. The summed E-state index contributed by atoms with van der Waals surface area (Å²) in [5.41, 5.74) is 0. The highest BCUT2D eigenvalue weighted by Gasteiger charge is 2.12. The Labute approximate surface area is 155 Å². The van der Waals surface area contributed by atoms with Gasteiger partial charge in [0.2, 0.25) is 10.0 Å². The van der Waals surface area contributed by atoms with Crippen molar-refractivity contribution >= 4 is 40.0 Å². The summed E-state index contributed by atoms with van der Waals surface area (Å²) in [6.45, 7) is 6.35. The maximum atomic E-state index is 12.0. The Morgan fingerprint density at radius 1 is 1.26 bits per heavy atom. The van der Waals surface area contributed by atoms with E-state index in [4.69, 9.17) is 0 Å². The van der Waals surface area contributed by atoms with Crippen molar-refractivity contribution < 1.29 is 8.42 Å². The second kappa shape index (κ2) is 12.5. The largest absolute Gasteiger partial charge is 0.357 e. The van der Waals surface area contributed by atoms with Gasteiger partial charge in [0.1, 0.15) is 4.90 Å². The van der Waals surface area contributed by atoms with Crippen molar-refractivity contribution in [2.45, 2.75) is 31.6 Å². The van der Waals surface area contributed by atoms with Gasteiger partial charge in [-0.1, -0.05) is 13.3 Å². The number of halogens is 1. The van der Waals surface area contributed by atoms with E-state index in [0.29, 0.717) is 12.5 Å². The topological polar surface area (TPSA) is 95.5 Å². The molecule has 3 N–H and O–H groups in total. The minimum atomic E-state index is -3.50. The summed E-state index contributed by atoms with van der Waals surface area (Å²) < 4.78 is 26.5. The number of sulfonamides is 1. The van der Waals surface area contributed by atoms with Gasteiger partial charge in [-0.05, 0) is 25.5 Å². The van der Waals surface area contributed by atoms with Crippen LogP contribution in [0.5, 0.6) is 0 Å². The zero-order valence-electron chi connectivity index (χ0n) is 13.6. The molecular weight excluding hydrogens is 429 g/mol. The van der Waals surface area contributed by atoms with E-state index in [1.165, 1.54) is 18.5 Å². The monoisotopic (exact) mass is 455 g/mol. The number of nitrogens with zero attached hydrogens (tertiary/aromatic N) is 2. The molecule has 1 heterocycles. The van der Waals surface area contributed by atoms with Crippen LogP contribution in [-0.4, -0.2) is 45.5 Å². The van der Waals surface area contributed by atoms with Crippen molar-refractivity contribution in [2.75, 3.05) is 26.2 Å². The molecule has 9 heteroatoms. The lowest BCUT2D eigenvalue weighted by Crippen LogP contribution is -2.41. The van der Waals surface area contributed by atoms with Crippen LogP contribution in [0.4, 0.5) is 0 Å². The van der Waals surface area contributed by atoms with Crippen LogP contribution in [0.3, 0.4) is 0 Å². The van der Waals surface area contributed by atoms with Crippen LogP contribution in [0.2, 0.25) is 0 Å². The predicted octanol–water partition coefficient (Wildman–Crippen LogP) is 1.33. The molecule has 1 rings (SSSR count). The molecule has 1 aromatic rings. The number of nitrogens with one attached hydrogen (secondary N) is 3. The second-order valence-corrected chi connectivity index (χ2v) is 6.39. The number of aliphatic imine (C=N–C) groups is 1. The van der Waals surface area contributed by atoms with E-state index >= 15 is 0 Å². The number of rotatable bonds is 9. The maximum absolute atomic E-state index is 12.0. The lowest BCUT2D eigenvalue weighted by atomic mass is 10.3. The Hall–Kier alpha value is -0.940. The fraction of sp³-hybridized carbons (Fsp3) is 0.571. The van der Waals surface area contributed by atoms with Crippen molar-refractivity contribution in [3.05, 3.63) is 24.5 Å². The van der Waals surface area contributed by atoms with Crippen molar-refractivity contribution in [3.63, 3.8) is 0 Å². The van der Waals surface area contributed by atoms with Crippen LogP contribution >= 0.6 is 24.0 Å². The summed E-state index contributed by atoms with van der Waals surface area (Å²) in [4.78, 5) is 8.38. The smallest absolute Gasteiger partial charge is 0.242 e. The van der Waals surface area contributed by atoms with Gasteiger partial charge in [-0.2, -0.15) is 0 Å². The summed E-state index contributed by atoms with van der Waals surface area (Å²) in [7, 11) is -3.50. The van der Waals surface area contributed by atoms with Crippen LogP contribution in [0.25, 0.3) is 0 Å². The summed E-state index contributed by atoms with van der Waals surface area (Å²) >= 11 is 0. The molecule has 0 aliphatic rings. The Morgan fingerprint density at radius 2 is 2.04 bits per heavy atom. The molecule has 132 valence electrons. The van der Waals surface area contributed by atoms with Gasteiger partial charge in [-0.15, -0.1) is 24.0 Å². The normalized spacial score (nSPS) is 11.7. The summed E-state index contributed by atoms with van der Waals surface area (Å²) in [5, 5.41) is 6.22. The van der Waals surface area contributed by atoms with Gasteiger partial charge < -0.3 is 10.6 Å². The van der Waals surface area contributed by atoms with E-state index in [-0.39, 0.29) is 35.4 Å². The average Bonchev–Trinajstić information content (AvgIpc) is 2.52. The minimum Gasteiger partial charge on any atom is -0.357 e. The zero-order chi connectivity index (χ0) is 16.3. The molecule has 0 fully saturated rings. The maximum Gasteiger partial charge on any atom is 0.242 e. The van der Waals surface area contributed by atoms with Crippen LogP contribution in [0.1, 0.15) is 26.7 Å². The van der Waals surface area contributed by atoms with Gasteiger partial charge in [0, 0.05) is 38.6 Å². The molecule has 0 atom stereocenters. The first-order valence-electron chi connectivity index (χ1n) is 7.52. The average molecular weight is 455 g/mol. The summed E-state index contributed by atoms with van der Waals surface area (Å²) in [6, 6.07) is 3.11. The number of hydrogen-bond acceptors (Lipinski definition) is 4. The molecular formula is C14H26IN5O2S.